The van der Waals surface area contributed by atoms with Crippen LogP contribution in [0.5, 0.6) is 0 Å². The number of nitrogens with one attached hydrogen (secondary N) is 1. The molecule has 2 heterocycles. The molecular weight excluding hydrogens is 164 g/mol. The van der Waals surface area contributed by atoms with Crippen molar-refractivity contribution in [2.75, 3.05) is 6.54 Å². The Hall–Kier alpha value is -1.68. The summed E-state index contributed by atoms with van der Waals surface area (Å²) in [5.41, 5.74) is 7.84. The molecule has 0 aliphatic rings. The molecular formula is C9H10N4. The van der Waals surface area contributed by atoms with Crippen molar-refractivity contribution >= 4 is 17.2 Å². The van der Waals surface area contributed by atoms with Crippen molar-refractivity contribution in [3.05, 3.63) is 30.2 Å². The average Bonchev–Trinajstić information content (AvgIpc) is 2.61. The van der Waals surface area contributed by atoms with E-state index in [0.29, 0.717) is 6.54 Å². The molecule has 0 radical (unpaired) electrons. The highest BCUT2D eigenvalue weighted by Gasteiger charge is 1.96. The SMILES string of the molecule is NCC=Cc1cnc2[nH]ccc2n1. The van der Waals surface area contributed by atoms with Gasteiger partial charge in [-0.2, -0.15) is 0 Å². The van der Waals surface area contributed by atoms with E-state index in [1.165, 1.54) is 0 Å². The first kappa shape index (κ1) is 7.94. The van der Waals surface area contributed by atoms with Crippen LogP contribution >= 0.6 is 0 Å². The standard InChI is InChI=1S/C9H10N4/c10-4-1-2-7-6-12-9-8(13-7)3-5-11-9/h1-3,5-6H,4,10H2,(H,11,12). The lowest BCUT2D eigenvalue weighted by Gasteiger charge is -1.91. The maximum absolute atomic E-state index is 5.33. The van der Waals surface area contributed by atoms with Crippen molar-refractivity contribution in [1.29, 1.82) is 0 Å². The Morgan fingerprint density at radius 1 is 1.54 bits per heavy atom. The number of hydrogen-bond acceptors (Lipinski definition) is 3. The van der Waals surface area contributed by atoms with Crippen molar-refractivity contribution in [1.82, 2.24) is 15.0 Å². The summed E-state index contributed by atoms with van der Waals surface area (Å²) < 4.78 is 0. The summed E-state index contributed by atoms with van der Waals surface area (Å²) in [7, 11) is 0. The van der Waals surface area contributed by atoms with Crippen molar-refractivity contribution < 1.29 is 0 Å². The molecule has 0 saturated heterocycles. The second-order valence-corrected chi connectivity index (χ2v) is 2.64. The molecule has 66 valence electrons. The summed E-state index contributed by atoms with van der Waals surface area (Å²) in [5.74, 6) is 0. The molecule has 0 aliphatic carbocycles. The second kappa shape index (κ2) is 3.37. The molecule has 13 heavy (non-hydrogen) atoms. The number of nitrogens with two attached hydrogens (primary N) is 1. The first-order valence-corrected chi connectivity index (χ1v) is 4.07. The summed E-state index contributed by atoms with van der Waals surface area (Å²) in [6.07, 6.45) is 7.24. The van der Waals surface area contributed by atoms with E-state index in [1.54, 1.807) is 6.20 Å². The third kappa shape index (κ3) is 1.57. The Balaban J connectivity index is 2.42. The van der Waals surface area contributed by atoms with Gasteiger partial charge in [-0.05, 0) is 12.1 Å². The van der Waals surface area contributed by atoms with E-state index in [4.69, 9.17) is 5.73 Å². The summed E-state index contributed by atoms with van der Waals surface area (Å²) in [5, 5.41) is 0. The minimum atomic E-state index is 0.521. The molecule has 2 aromatic heterocycles. The zero-order valence-electron chi connectivity index (χ0n) is 7.07. The number of H-pyrrole nitrogens is 1. The van der Waals surface area contributed by atoms with Crippen molar-refractivity contribution in [2.45, 2.75) is 0 Å². The molecule has 0 spiro atoms. The zero-order chi connectivity index (χ0) is 9.10. The molecule has 2 aromatic rings. The fourth-order valence-corrected chi connectivity index (χ4v) is 1.11. The number of hydrogen-bond donors (Lipinski definition) is 2. The van der Waals surface area contributed by atoms with Gasteiger partial charge in [-0.1, -0.05) is 6.08 Å². The van der Waals surface area contributed by atoms with Crippen LogP contribution in [0.15, 0.2) is 24.5 Å². The molecule has 4 nitrogen and oxygen atoms in total. The van der Waals surface area contributed by atoms with Gasteiger partial charge in [0.1, 0.15) is 5.52 Å². The molecule has 3 N–H and O–H groups in total. The van der Waals surface area contributed by atoms with Crippen LogP contribution in [0.2, 0.25) is 0 Å². The van der Waals surface area contributed by atoms with Crippen LogP contribution in [0, 0.1) is 0 Å². The van der Waals surface area contributed by atoms with E-state index in [0.717, 1.165) is 16.9 Å². The third-order valence-corrected chi connectivity index (χ3v) is 1.70. The van der Waals surface area contributed by atoms with Gasteiger partial charge in [-0.25, -0.2) is 9.97 Å². The van der Waals surface area contributed by atoms with E-state index in [-0.39, 0.29) is 0 Å². The van der Waals surface area contributed by atoms with Crippen LogP contribution in [0.25, 0.3) is 17.2 Å². The van der Waals surface area contributed by atoms with E-state index in [2.05, 4.69) is 15.0 Å². The fraction of sp³-hybridized carbons (Fsp3) is 0.111. The Morgan fingerprint density at radius 3 is 3.31 bits per heavy atom. The average molecular weight is 174 g/mol. The molecule has 0 bridgehead atoms. The number of aromatic amines is 1. The van der Waals surface area contributed by atoms with Crippen molar-refractivity contribution in [3.8, 4) is 0 Å². The van der Waals surface area contributed by atoms with E-state index in [1.807, 2.05) is 24.4 Å². The van der Waals surface area contributed by atoms with Gasteiger partial charge in [0.2, 0.25) is 0 Å². The van der Waals surface area contributed by atoms with Crippen LogP contribution in [-0.2, 0) is 0 Å². The second-order valence-electron chi connectivity index (χ2n) is 2.64. The number of nitrogens with zero attached hydrogens (tertiary/aromatic N) is 2. The van der Waals surface area contributed by atoms with Gasteiger partial charge < -0.3 is 10.7 Å². The molecule has 4 heteroatoms. The van der Waals surface area contributed by atoms with E-state index in [9.17, 15) is 0 Å². The normalized spacial score (nSPS) is 11.5. The van der Waals surface area contributed by atoms with Gasteiger partial charge in [-0.3, -0.25) is 0 Å². The van der Waals surface area contributed by atoms with Gasteiger partial charge in [0, 0.05) is 12.7 Å². The highest BCUT2D eigenvalue weighted by molar-refractivity contribution is 5.71. The van der Waals surface area contributed by atoms with Crippen LogP contribution < -0.4 is 5.73 Å². The van der Waals surface area contributed by atoms with Gasteiger partial charge in [-0.15, -0.1) is 0 Å². The minimum Gasteiger partial charge on any atom is -0.345 e. The highest BCUT2D eigenvalue weighted by atomic mass is 14.9. The lowest BCUT2D eigenvalue weighted by atomic mass is 10.4. The van der Waals surface area contributed by atoms with Gasteiger partial charge >= 0.3 is 0 Å². The maximum Gasteiger partial charge on any atom is 0.156 e. The number of rotatable bonds is 2. The predicted octanol–water partition coefficient (Wildman–Crippen LogP) is 0.930. The quantitative estimate of drug-likeness (QED) is 0.711. The third-order valence-electron chi connectivity index (χ3n) is 1.70. The van der Waals surface area contributed by atoms with Gasteiger partial charge in [0.25, 0.3) is 0 Å². The van der Waals surface area contributed by atoms with Crippen LogP contribution in [0.4, 0.5) is 0 Å². The summed E-state index contributed by atoms with van der Waals surface area (Å²) in [6.45, 7) is 0.521. The van der Waals surface area contributed by atoms with Crippen molar-refractivity contribution in [3.63, 3.8) is 0 Å². The topological polar surface area (TPSA) is 67.6 Å². The lowest BCUT2D eigenvalue weighted by Crippen LogP contribution is -1.92. The molecule has 0 aliphatic heterocycles. The maximum atomic E-state index is 5.33. The minimum absolute atomic E-state index is 0.521. The van der Waals surface area contributed by atoms with Gasteiger partial charge in [0.05, 0.1) is 11.9 Å². The molecule has 2 rings (SSSR count). The van der Waals surface area contributed by atoms with E-state index >= 15 is 0 Å². The first-order chi connectivity index (χ1) is 6.40. The first-order valence-electron chi connectivity index (χ1n) is 4.07. The Kier molecular flexibility index (Phi) is 2.06. The molecule has 0 aromatic carbocycles. The predicted molar refractivity (Wildman–Crippen MR) is 52.0 cm³/mol. The molecule has 0 saturated carbocycles. The van der Waals surface area contributed by atoms with Crippen LogP contribution in [-0.4, -0.2) is 21.5 Å². The largest absolute Gasteiger partial charge is 0.345 e. The van der Waals surface area contributed by atoms with Crippen molar-refractivity contribution in [2.24, 2.45) is 5.73 Å². The smallest absolute Gasteiger partial charge is 0.156 e. The Labute approximate surface area is 75.5 Å². The van der Waals surface area contributed by atoms with Crippen LogP contribution in [0.3, 0.4) is 0 Å². The molecule has 0 fully saturated rings. The number of aromatic nitrogens is 3. The van der Waals surface area contributed by atoms with Gasteiger partial charge in [0.15, 0.2) is 5.65 Å². The highest BCUT2D eigenvalue weighted by Crippen LogP contribution is 2.07. The molecule has 0 amide bonds. The number of fused-ring (bicyclic) bond motifs is 1. The monoisotopic (exact) mass is 174 g/mol. The fourth-order valence-electron chi connectivity index (χ4n) is 1.11. The molecule has 0 atom stereocenters. The van der Waals surface area contributed by atoms with Crippen LogP contribution in [0.1, 0.15) is 5.69 Å². The molecule has 0 unspecified atom stereocenters. The summed E-state index contributed by atoms with van der Waals surface area (Å²) >= 11 is 0. The lowest BCUT2D eigenvalue weighted by molar-refractivity contribution is 1.23. The Bertz CT molecular complexity index is 430. The summed E-state index contributed by atoms with van der Waals surface area (Å²) in [6, 6.07) is 1.89. The Morgan fingerprint density at radius 2 is 2.46 bits per heavy atom. The van der Waals surface area contributed by atoms with E-state index < -0.39 is 0 Å². The summed E-state index contributed by atoms with van der Waals surface area (Å²) in [4.78, 5) is 11.5. The zero-order valence-corrected chi connectivity index (χ0v) is 7.07.